The number of piperazine rings is 1. The first-order valence-electron chi connectivity index (χ1n) is 16.6. The van der Waals surface area contributed by atoms with E-state index in [2.05, 4.69) is 51.6 Å². The number of nitrogens with zero attached hydrogens (tertiary/aromatic N) is 5. The molecule has 4 heterocycles. The fourth-order valence-corrected chi connectivity index (χ4v) is 6.77. The molecular weight excluding hydrogens is 566 g/mol. The van der Waals surface area contributed by atoms with Crippen molar-refractivity contribution in [3.05, 3.63) is 54.2 Å². The number of benzene rings is 1. The molecule has 45 heavy (non-hydrogen) atoms. The number of likely N-dealkylation sites (tertiary alicyclic amines) is 1. The molecule has 1 aliphatic carbocycles. The number of anilines is 1. The number of ether oxygens (including phenoxy) is 1. The third-order valence-corrected chi connectivity index (χ3v) is 9.82. The van der Waals surface area contributed by atoms with Gasteiger partial charge in [-0.25, -0.2) is 14.8 Å². The van der Waals surface area contributed by atoms with Gasteiger partial charge in [0.05, 0.1) is 16.8 Å². The van der Waals surface area contributed by atoms with Gasteiger partial charge in [-0.1, -0.05) is 18.2 Å². The fourth-order valence-electron chi connectivity index (χ4n) is 6.77. The number of hydrogen-bond acceptors (Lipinski definition) is 8. The second kappa shape index (κ2) is 14.6. The second-order valence-corrected chi connectivity index (χ2v) is 13.2. The average Bonchev–Trinajstić information content (AvgIpc) is 3.07. The predicted molar refractivity (Wildman–Crippen MR) is 177 cm³/mol. The van der Waals surface area contributed by atoms with Gasteiger partial charge in [-0.3, -0.25) is 4.79 Å². The number of hydrogen-bond donors (Lipinski definition) is 2. The van der Waals surface area contributed by atoms with Crippen molar-refractivity contribution in [2.75, 3.05) is 71.4 Å². The number of aromatic nitrogens is 2. The number of nitrogens with one attached hydrogen (secondary N) is 2. The predicted octanol–water partition coefficient (Wildman–Crippen LogP) is 4.41. The SMILES string of the molecule is CN1CCC(OC(=O)NCC2CCC(CNC(=O)c3cc(-c4ccc(N5CCN(C)CC5)nc4)nc4ccccc34)CC2)CC1. The quantitative estimate of drug-likeness (QED) is 0.386. The summed E-state index contributed by atoms with van der Waals surface area (Å²) >= 11 is 0. The Morgan fingerprint density at radius 1 is 0.822 bits per heavy atom. The summed E-state index contributed by atoms with van der Waals surface area (Å²) in [6.07, 6.45) is 7.55. The van der Waals surface area contributed by atoms with Gasteiger partial charge in [-0.2, -0.15) is 0 Å². The Morgan fingerprint density at radius 2 is 1.49 bits per heavy atom. The molecular formula is C35H47N7O3. The molecule has 2 N–H and O–H groups in total. The van der Waals surface area contributed by atoms with Gasteiger partial charge in [0.1, 0.15) is 11.9 Å². The number of alkyl carbamates (subject to hydrolysis) is 1. The summed E-state index contributed by atoms with van der Waals surface area (Å²) in [6, 6.07) is 13.8. The van der Waals surface area contributed by atoms with Crippen LogP contribution < -0.4 is 15.5 Å². The van der Waals surface area contributed by atoms with Crippen LogP contribution in [0.5, 0.6) is 0 Å². The third kappa shape index (κ3) is 8.10. The molecule has 2 amide bonds. The Hall–Kier alpha value is -3.76. The highest BCUT2D eigenvalue weighted by molar-refractivity contribution is 6.07. The van der Waals surface area contributed by atoms with Crippen LogP contribution in [0.15, 0.2) is 48.7 Å². The summed E-state index contributed by atoms with van der Waals surface area (Å²) < 4.78 is 5.62. The molecule has 0 atom stereocenters. The van der Waals surface area contributed by atoms with Crippen LogP contribution in [0.2, 0.25) is 0 Å². The Labute approximate surface area is 266 Å². The molecule has 6 rings (SSSR count). The number of fused-ring (bicyclic) bond motifs is 1. The van der Waals surface area contributed by atoms with Gasteiger partial charge in [0.15, 0.2) is 0 Å². The Bertz CT molecular complexity index is 1440. The lowest BCUT2D eigenvalue weighted by Crippen LogP contribution is -2.44. The number of carbonyl (C=O) groups is 2. The molecule has 0 radical (unpaired) electrons. The van der Waals surface area contributed by atoms with Crippen LogP contribution >= 0.6 is 0 Å². The van der Waals surface area contributed by atoms with Gasteiger partial charge in [0, 0.05) is 69.5 Å². The molecule has 2 aliphatic heterocycles. The Balaban J connectivity index is 1.01. The van der Waals surface area contributed by atoms with Crippen LogP contribution in [0.25, 0.3) is 22.2 Å². The van der Waals surface area contributed by atoms with Crippen molar-refractivity contribution in [2.45, 2.75) is 44.6 Å². The molecule has 3 aromatic rings. The Kier molecular flexibility index (Phi) is 10.1. The highest BCUT2D eigenvalue weighted by Crippen LogP contribution is 2.29. The van der Waals surface area contributed by atoms with E-state index >= 15 is 0 Å². The number of pyridine rings is 2. The summed E-state index contributed by atoms with van der Waals surface area (Å²) in [5.41, 5.74) is 3.08. The highest BCUT2D eigenvalue weighted by atomic mass is 16.6. The highest BCUT2D eigenvalue weighted by Gasteiger charge is 2.25. The zero-order valence-corrected chi connectivity index (χ0v) is 26.7. The van der Waals surface area contributed by atoms with Crippen LogP contribution in [-0.2, 0) is 4.74 Å². The van der Waals surface area contributed by atoms with Gasteiger partial charge in [-0.15, -0.1) is 0 Å². The van der Waals surface area contributed by atoms with E-state index < -0.39 is 0 Å². The average molecular weight is 614 g/mol. The summed E-state index contributed by atoms with van der Waals surface area (Å²) in [5, 5.41) is 7.07. The number of piperidine rings is 1. The molecule has 1 saturated carbocycles. The van der Waals surface area contributed by atoms with E-state index in [-0.39, 0.29) is 18.1 Å². The topological polar surface area (TPSA) is 103 Å². The van der Waals surface area contributed by atoms with Crippen molar-refractivity contribution in [3.8, 4) is 11.3 Å². The molecule has 0 bridgehead atoms. The van der Waals surface area contributed by atoms with Gasteiger partial charge in [0.25, 0.3) is 5.91 Å². The zero-order chi connectivity index (χ0) is 31.2. The summed E-state index contributed by atoms with van der Waals surface area (Å²) in [7, 11) is 4.25. The smallest absolute Gasteiger partial charge is 0.407 e. The monoisotopic (exact) mass is 613 g/mol. The number of rotatable bonds is 8. The van der Waals surface area contributed by atoms with E-state index in [1.54, 1.807) is 0 Å². The maximum atomic E-state index is 13.6. The number of amides is 2. The first-order valence-corrected chi connectivity index (χ1v) is 16.6. The van der Waals surface area contributed by atoms with E-state index in [0.29, 0.717) is 30.5 Å². The standard InChI is InChI=1S/C35H47N7O3/c1-40-15-13-28(14-16-40)45-35(44)38-23-26-9-7-25(8-10-26)22-37-34(43)30-21-32(39-31-6-4-3-5-29(30)31)27-11-12-33(36-24-27)42-19-17-41(2)18-20-42/h3-6,11-12,21,24-26,28H,7-10,13-20,22-23H2,1-2H3,(H,37,43)(H,38,44). The molecule has 2 saturated heterocycles. The van der Waals surface area contributed by atoms with E-state index in [4.69, 9.17) is 14.7 Å². The summed E-state index contributed by atoms with van der Waals surface area (Å²) in [6.45, 7) is 7.23. The first kappa shape index (κ1) is 31.2. The molecule has 0 spiro atoms. The van der Waals surface area contributed by atoms with Crippen LogP contribution in [0.3, 0.4) is 0 Å². The largest absolute Gasteiger partial charge is 0.446 e. The minimum Gasteiger partial charge on any atom is -0.446 e. The van der Waals surface area contributed by atoms with Crippen LogP contribution in [0.1, 0.15) is 48.9 Å². The lowest BCUT2D eigenvalue weighted by atomic mass is 9.82. The third-order valence-electron chi connectivity index (χ3n) is 9.82. The first-order chi connectivity index (χ1) is 21.9. The summed E-state index contributed by atoms with van der Waals surface area (Å²) in [5.74, 6) is 1.78. The van der Waals surface area contributed by atoms with Crippen molar-refractivity contribution in [2.24, 2.45) is 11.8 Å². The van der Waals surface area contributed by atoms with E-state index in [0.717, 1.165) is 106 Å². The molecule has 0 unspecified atom stereocenters. The second-order valence-electron chi connectivity index (χ2n) is 13.2. The molecule has 10 heteroatoms. The molecule has 1 aromatic carbocycles. The maximum absolute atomic E-state index is 13.6. The lowest BCUT2D eigenvalue weighted by molar-refractivity contribution is 0.0560. The van der Waals surface area contributed by atoms with E-state index in [1.807, 2.05) is 36.5 Å². The summed E-state index contributed by atoms with van der Waals surface area (Å²) in [4.78, 5) is 42.4. The van der Waals surface area contributed by atoms with Crippen LogP contribution in [-0.4, -0.2) is 104 Å². The Morgan fingerprint density at radius 3 is 2.18 bits per heavy atom. The van der Waals surface area contributed by atoms with Crippen molar-refractivity contribution >= 4 is 28.7 Å². The fraction of sp³-hybridized carbons (Fsp3) is 0.543. The normalized spacial score (nSPS) is 21.9. The van der Waals surface area contributed by atoms with Crippen molar-refractivity contribution in [3.63, 3.8) is 0 Å². The van der Waals surface area contributed by atoms with E-state index in [9.17, 15) is 9.59 Å². The van der Waals surface area contributed by atoms with Crippen molar-refractivity contribution in [1.29, 1.82) is 0 Å². The number of carbonyl (C=O) groups excluding carboxylic acids is 2. The van der Waals surface area contributed by atoms with Gasteiger partial charge < -0.3 is 30.1 Å². The van der Waals surface area contributed by atoms with Gasteiger partial charge in [0.2, 0.25) is 0 Å². The molecule has 2 aromatic heterocycles. The van der Waals surface area contributed by atoms with Gasteiger partial charge in [-0.05, 0) is 88.7 Å². The minimum absolute atomic E-state index is 0.0264. The van der Waals surface area contributed by atoms with Crippen LogP contribution in [0, 0.1) is 11.8 Å². The molecule has 10 nitrogen and oxygen atoms in total. The van der Waals surface area contributed by atoms with Crippen LogP contribution in [0.4, 0.5) is 10.6 Å². The van der Waals surface area contributed by atoms with Gasteiger partial charge >= 0.3 is 6.09 Å². The van der Waals surface area contributed by atoms with Crippen molar-refractivity contribution < 1.29 is 14.3 Å². The number of likely N-dealkylation sites (N-methyl/N-ethyl adjacent to an activating group) is 1. The number of para-hydroxylation sites is 1. The minimum atomic E-state index is -0.287. The molecule has 240 valence electrons. The lowest BCUT2D eigenvalue weighted by Gasteiger charge is -2.33. The molecule has 3 fully saturated rings. The zero-order valence-electron chi connectivity index (χ0n) is 26.7. The molecule has 3 aliphatic rings. The van der Waals surface area contributed by atoms with Crippen molar-refractivity contribution in [1.82, 2.24) is 30.4 Å². The maximum Gasteiger partial charge on any atom is 0.407 e. The van der Waals surface area contributed by atoms with E-state index in [1.165, 1.54) is 0 Å².